The van der Waals surface area contributed by atoms with Crippen molar-refractivity contribution in [1.29, 1.82) is 0 Å². The van der Waals surface area contributed by atoms with Crippen LogP contribution >= 0.6 is 0 Å². The Kier molecular flexibility index (Phi) is 3.33. The molecule has 1 N–H and O–H groups in total. The first-order valence-corrected chi connectivity index (χ1v) is 5.87. The zero-order valence-corrected chi connectivity index (χ0v) is 10.8. The van der Waals surface area contributed by atoms with E-state index in [1.807, 2.05) is 20.9 Å². The lowest BCUT2D eigenvalue weighted by Gasteiger charge is -2.14. The third-order valence-electron chi connectivity index (χ3n) is 3.25. The molecule has 0 fully saturated rings. The van der Waals surface area contributed by atoms with Crippen LogP contribution in [0.2, 0.25) is 0 Å². The molecule has 0 aromatic carbocycles. The van der Waals surface area contributed by atoms with Gasteiger partial charge in [-0.3, -0.25) is 0 Å². The average molecular weight is 233 g/mol. The van der Waals surface area contributed by atoms with Crippen molar-refractivity contribution < 1.29 is 4.52 Å². The molecule has 0 aliphatic rings. The Balaban J connectivity index is 2.28. The lowest BCUT2D eigenvalue weighted by Crippen LogP contribution is -2.17. The molecular weight excluding hydrogens is 214 g/mol. The van der Waals surface area contributed by atoms with E-state index in [0.29, 0.717) is 6.04 Å². The van der Waals surface area contributed by atoms with Crippen LogP contribution in [0.15, 0.2) is 22.9 Å². The second kappa shape index (κ2) is 4.75. The molecule has 2 aromatic heterocycles. The van der Waals surface area contributed by atoms with Gasteiger partial charge in [-0.15, -0.1) is 0 Å². The Morgan fingerprint density at radius 2 is 2.24 bits per heavy atom. The summed E-state index contributed by atoms with van der Waals surface area (Å²) in [6.07, 6.45) is 2.09. The first-order chi connectivity index (χ1) is 8.13. The molecule has 0 aliphatic carbocycles. The summed E-state index contributed by atoms with van der Waals surface area (Å²) in [5, 5.41) is 7.24. The van der Waals surface area contributed by atoms with Crippen molar-refractivity contribution in [3.63, 3.8) is 0 Å². The molecule has 0 saturated carbocycles. The van der Waals surface area contributed by atoms with Gasteiger partial charge in [0.25, 0.3) is 0 Å². The van der Waals surface area contributed by atoms with Gasteiger partial charge in [0, 0.05) is 23.5 Å². The molecule has 0 saturated heterocycles. The third kappa shape index (κ3) is 2.26. The lowest BCUT2D eigenvalue weighted by molar-refractivity contribution is 0.392. The standard InChI is InChI=1S/C13H19N3O/c1-9-12(11(3)17-15-9)8-16-7-5-6-13(16)10(2)14-4/h5-7,10,14H,8H2,1-4H3. The van der Waals surface area contributed by atoms with Crippen LogP contribution in [0.4, 0.5) is 0 Å². The van der Waals surface area contributed by atoms with Crippen LogP contribution in [0.5, 0.6) is 0 Å². The molecule has 0 bridgehead atoms. The minimum atomic E-state index is 0.338. The zero-order chi connectivity index (χ0) is 12.4. The predicted octanol–water partition coefficient (Wildman–Crippen LogP) is 2.42. The summed E-state index contributed by atoms with van der Waals surface area (Å²) in [5.41, 5.74) is 3.41. The maximum absolute atomic E-state index is 5.19. The Bertz CT molecular complexity index is 479. The molecule has 17 heavy (non-hydrogen) atoms. The van der Waals surface area contributed by atoms with Gasteiger partial charge in [-0.05, 0) is 40.0 Å². The van der Waals surface area contributed by atoms with E-state index >= 15 is 0 Å². The molecule has 0 radical (unpaired) electrons. The molecule has 4 nitrogen and oxygen atoms in total. The fraction of sp³-hybridized carbons (Fsp3) is 0.462. The highest BCUT2D eigenvalue weighted by molar-refractivity contribution is 5.23. The van der Waals surface area contributed by atoms with Gasteiger partial charge < -0.3 is 14.4 Å². The fourth-order valence-corrected chi connectivity index (χ4v) is 2.01. The maximum Gasteiger partial charge on any atom is 0.138 e. The monoisotopic (exact) mass is 233 g/mol. The van der Waals surface area contributed by atoms with Gasteiger partial charge in [0.2, 0.25) is 0 Å². The second-order valence-electron chi connectivity index (χ2n) is 4.37. The summed E-state index contributed by atoms with van der Waals surface area (Å²) < 4.78 is 7.42. The van der Waals surface area contributed by atoms with Gasteiger partial charge in [-0.1, -0.05) is 5.16 Å². The van der Waals surface area contributed by atoms with E-state index in [0.717, 1.165) is 18.0 Å². The highest BCUT2D eigenvalue weighted by Gasteiger charge is 2.13. The molecular formula is C13H19N3O. The van der Waals surface area contributed by atoms with Crippen LogP contribution in [0.25, 0.3) is 0 Å². The Labute approximate surface area is 102 Å². The fourth-order valence-electron chi connectivity index (χ4n) is 2.01. The van der Waals surface area contributed by atoms with Crippen molar-refractivity contribution >= 4 is 0 Å². The first-order valence-electron chi connectivity index (χ1n) is 5.87. The minimum absolute atomic E-state index is 0.338. The number of aryl methyl sites for hydroxylation is 2. The second-order valence-corrected chi connectivity index (χ2v) is 4.37. The van der Waals surface area contributed by atoms with Crippen LogP contribution in [-0.4, -0.2) is 16.8 Å². The van der Waals surface area contributed by atoms with Crippen LogP contribution in [0.1, 0.15) is 35.7 Å². The Hall–Kier alpha value is -1.55. The Morgan fingerprint density at radius 3 is 2.82 bits per heavy atom. The smallest absolute Gasteiger partial charge is 0.138 e. The molecule has 1 atom stereocenters. The van der Waals surface area contributed by atoms with Gasteiger partial charge in [0.05, 0.1) is 12.2 Å². The third-order valence-corrected chi connectivity index (χ3v) is 3.25. The van der Waals surface area contributed by atoms with Crippen LogP contribution in [-0.2, 0) is 6.54 Å². The molecule has 0 aliphatic heterocycles. The SMILES string of the molecule is CNC(C)c1cccn1Cc1c(C)noc1C. The largest absolute Gasteiger partial charge is 0.361 e. The molecule has 92 valence electrons. The summed E-state index contributed by atoms with van der Waals surface area (Å²) in [6, 6.07) is 4.55. The zero-order valence-electron chi connectivity index (χ0n) is 10.8. The molecule has 0 spiro atoms. The number of nitrogens with one attached hydrogen (secondary N) is 1. The van der Waals surface area contributed by atoms with Crippen LogP contribution in [0.3, 0.4) is 0 Å². The normalized spacial score (nSPS) is 12.9. The van der Waals surface area contributed by atoms with E-state index in [9.17, 15) is 0 Å². The summed E-state index contributed by atoms with van der Waals surface area (Å²) in [7, 11) is 1.97. The summed E-state index contributed by atoms with van der Waals surface area (Å²) in [5.74, 6) is 0.902. The van der Waals surface area contributed by atoms with Crippen LogP contribution in [0, 0.1) is 13.8 Å². The topological polar surface area (TPSA) is 43.0 Å². The van der Waals surface area contributed by atoms with Crippen molar-refractivity contribution in [3.8, 4) is 0 Å². The summed E-state index contributed by atoms with van der Waals surface area (Å²) in [4.78, 5) is 0. The van der Waals surface area contributed by atoms with Gasteiger partial charge >= 0.3 is 0 Å². The molecule has 0 amide bonds. The van der Waals surface area contributed by atoms with Crippen LogP contribution < -0.4 is 5.32 Å². The van der Waals surface area contributed by atoms with Crippen molar-refractivity contribution in [2.75, 3.05) is 7.05 Å². The predicted molar refractivity (Wildman–Crippen MR) is 67.0 cm³/mol. The first kappa shape index (κ1) is 11.9. The molecule has 2 rings (SSSR count). The van der Waals surface area contributed by atoms with Crippen molar-refractivity contribution in [2.24, 2.45) is 0 Å². The highest BCUT2D eigenvalue weighted by atomic mass is 16.5. The van der Waals surface area contributed by atoms with E-state index in [1.54, 1.807) is 0 Å². The number of hydrogen-bond donors (Lipinski definition) is 1. The van der Waals surface area contributed by atoms with Gasteiger partial charge in [0.15, 0.2) is 0 Å². The molecule has 2 aromatic rings. The number of rotatable bonds is 4. The number of hydrogen-bond acceptors (Lipinski definition) is 3. The van der Waals surface area contributed by atoms with E-state index < -0.39 is 0 Å². The van der Waals surface area contributed by atoms with Gasteiger partial charge in [0.1, 0.15) is 5.76 Å². The Morgan fingerprint density at radius 1 is 1.47 bits per heavy atom. The maximum atomic E-state index is 5.19. The minimum Gasteiger partial charge on any atom is -0.361 e. The quantitative estimate of drug-likeness (QED) is 0.882. The van der Waals surface area contributed by atoms with Crippen molar-refractivity contribution in [2.45, 2.75) is 33.4 Å². The molecule has 4 heteroatoms. The molecule has 1 unspecified atom stereocenters. The number of aromatic nitrogens is 2. The lowest BCUT2D eigenvalue weighted by atomic mass is 10.2. The van der Waals surface area contributed by atoms with Gasteiger partial charge in [-0.25, -0.2) is 0 Å². The van der Waals surface area contributed by atoms with E-state index in [1.165, 1.54) is 11.3 Å². The van der Waals surface area contributed by atoms with Gasteiger partial charge in [-0.2, -0.15) is 0 Å². The van der Waals surface area contributed by atoms with Crippen molar-refractivity contribution in [3.05, 3.63) is 41.0 Å². The summed E-state index contributed by atoms with van der Waals surface area (Å²) in [6.45, 7) is 6.91. The van der Waals surface area contributed by atoms with E-state index in [-0.39, 0.29) is 0 Å². The van der Waals surface area contributed by atoms with E-state index in [2.05, 4.69) is 40.3 Å². The van der Waals surface area contributed by atoms with E-state index in [4.69, 9.17) is 4.52 Å². The summed E-state index contributed by atoms with van der Waals surface area (Å²) >= 11 is 0. The molecule has 2 heterocycles. The average Bonchev–Trinajstić information content (AvgIpc) is 2.90. The highest BCUT2D eigenvalue weighted by Crippen LogP contribution is 2.18. The van der Waals surface area contributed by atoms with Crippen molar-refractivity contribution in [1.82, 2.24) is 15.0 Å². The number of nitrogens with zero attached hydrogens (tertiary/aromatic N) is 2.